The van der Waals surface area contributed by atoms with E-state index in [1.165, 1.54) is 5.56 Å². The second-order valence-corrected chi connectivity index (χ2v) is 4.04. The summed E-state index contributed by atoms with van der Waals surface area (Å²) in [6, 6.07) is 10.4. The highest BCUT2D eigenvalue weighted by molar-refractivity contribution is 5.46. The molecule has 1 atom stereocenters. The van der Waals surface area contributed by atoms with Crippen molar-refractivity contribution in [2.45, 2.75) is 19.9 Å². The average Bonchev–Trinajstić information content (AvgIpc) is 2.35. The maximum Gasteiger partial charge on any atom is 0.221 e. The molecule has 0 saturated heterocycles. The number of nitrogens with two attached hydrogens (primary N) is 1. The molecule has 4 nitrogen and oxygen atoms in total. The number of nitrogens with one attached hydrogen (secondary N) is 1. The number of rotatable bonds is 3. The molecule has 0 aliphatic rings. The zero-order chi connectivity index (χ0) is 12.3. The molecule has 2 rings (SSSR count). The third kappa shape index (κ3) is 2.72. The van der Waals surface area contributed by atoms with Gasteiger partial charge in [-0.3, -0.25) is 0 Å². The first-order valence-electron chi connectivity index (χ1n) is 5.57. The maximum atomic E-state index is 5.58. The minimum atomic E-state index is 0.184. The molecule has 0 aliphatic heterocycles. The first kappa shape index (κ1) is 11.4. The van der Waals surface area contributed by atoms with Crippen LogP contribution >= 0.6 is 0 Å². The van der Waals surface area contributed by atoms with Crippen LogP contribution in [0.15, 0.2) is 36.5 Å². The Hall–Kier alpha value is -2.10. The van der Waals surface area contributed by atoms with Gasteiger partial charge >= 0.3 is 0 Å². The molecule has 0 aliphatic carbocycles. The number of hydrogen-bond acceptors (Lipinski definition) is 4. The molecular weight excluding hydrogens is 212 g/mol. The van der Waals surface area contributed by atoms with Crippen LogP contribution in [0, 0.1) is 6.92 Å². The molecule has 17 heavy (non-hydrogen) atoms. The number of nitrogen functional groups attached to an aromatic ring is 1. The van der Waals surface area contributed by atoms with Crippen LogP contribution in [-0.4, -0.2) is 9.97 Å². The van der Waals surface area contributed by atoms with Gasteiger partial charge in [0.2, 0.25) is 5.95 Å². The fourth-order valence-corrected chi connectivity index (χ4v) is 1.63. The van der Waals surface area contributed by atoms with E-state index in [9.17, 15) is 0 Å². The molecular formula is C13H16N4. The molecule has 2 aromatic rings. The molecule has 1 aromatic heterocycles. The van der Waals surface area contributed by atoms with E-state index in [2.05, 4.69) is 34.3 Å². The van der Waals surface area contributed by atoms with Crippen LogP contribution in [0.3, 0.4) is 0 Å². The van der Waals surface area contributed by atoms with Crippen LogP contribution in [0.1, 0.15) is 24.1 Å². The molecule has 0 radical (unpaired) electrons. The lowest BCUT2D eigenvalue weighted by Gasteiger charge is -2.16. The van der Waals surface area contributed by atoms with Crippen molar-refractivity contribution in [3.8, 4) is 0 Å². The van der Waals surface area contributed by atoms with Gasteiger partial charge in [0.15, 0.2) is 0 Å². The van der Waals surface area contributed by atoms with Gasteiger partial charge in [0, 0.05) is 17.8 Å². The number of aryl methyl sites for hydroxylation is 1. The van der Waals surface area contributed by atoms with E-state index in [1.54, 1.807) is 6.20 Å². The Balaban J connectivity index is 2.18. The van der Waals surface area contributed by atoms with Crippen molar-refractivity contribution in [2.24, 2.45) is 0 Å². The van der Waals surface area contributed by atoms with Gasteiger partial charge in [-0.2, -0.15) is 4.98 Å². The second kappa shape index (κ2) is 4.82. The molecule has 0 fully saturated rings. The van der Waals surface area contributed by atoms with Crippen molar-refractivity contribution in [1.29, 1.82) is 0 Å². The van der Waals surface area contributed by atoms with Crippen molar-refractivity contribution < 1.29 is 0 Å². The van der Waals surface area contributed by atoms with E-state index in [-0.39, 0.29) is 6.04 Å². The summed E-state index contributed by atoms with van der Waals surface area (Å²) in [6.45, 7) is 4.05. The zero-order valence-corrected chi connectivity index (χ0v) is 10.0. The van der Waals surface area contributed by atoms with Gasteiger partial charge in [0.1, 0.15) is 5.82 Å². The Bertz CT molecular complexity index is 496. The van der Waals surface area contributed by atoms with E-state index in [0.29, 0.717) is 5.95 Å². The van der Waals surface area contributed by atoms with Crippen molar-refractivity contribution >= 4 is 11.8 Å². The van der Waals surface area contributed by atoms with Crippen molar-refractivity contribution in [3.05, 3.63) is 47.7 Å². The third-order valence-corrected chi connectivity index (χ3v) is 2.64. The molecule has 3 N–H and O–H groups in total. The highest BCUT2D eigenvalue weighted by atomic mass is 15.1. The summed E-state index contributed by atoms with van der Waals surface area (Å²) in [4.78, 5) is 8.14. The normalized spacial score (nSPS) is 12.1. The van der Waals surface area contributed by atoms with Gasteiger partial charge in [-0.25, -0.2) is 4.98 Å². The minimum Gasteiger partial charge on any atom is -0.368 e. The standard InChI is InChI=1S/C13H16N4/c1-9-8-15-13(14)17-12(9)16-10(2)11-6-4-3-5-7-11/h3-8,10H,1-2H3,(H3,14,15,16,17). The van der Waals surface area contributed by atoms with Gasteiger partial charge in [-0.1, -0.05) is 30.3 Å². The molecule has 0 amide bonds. The van der Waals surface area contributed by atoms with Gasteiger partial charge in [-0.15, -0.1) is 0 Å². The lowest BCUT2D eigenvalue weighted by molar-refractivity contribution is 0.869. The van der Waals surface area contributed by atoms with Crippen LogP contribution in [0.5, 0.6) is 0 Å². The first-order valence-corrected chi connectivity index (χ1v) is 5.57. The predicted octanol–water partition coefficient (Wildman–Crippen LogP) is 2.54. The highest BCUT2D eigenvalue weighted by Crippen LogP contribution is 2.19. The van der Waals surface area contributed by atoms with Crippen LogP contribution in [0.25, 0.3) is 0 Å². The van der Waals surface area contributed by atoms with E-state index in [4.69, 9.17) is 5.73 Å². The number of nitrogens with zero attached hydrogens (tertiary/aromatic N) is 2. The largest absolute Gasteiger partial charge is 0.368 e. The summed E-state index contributed by atoms with van der Waals surface area (Å²) in [5, 5.41) is 3.34. The Labute approximate surface area is 101 Å². The zero-order valence-electron chi connectivity index (χ0n) is 10.0. The molecule has 4 heteroatoms. The van der Waals surface area contributed by atoms with E-state index in [1.807, 2.05) is 25.1 Å². The molecule has 88 valence electrons. The molecule has 1 heterocycles. The topological polar surface area (TPSA) is 63.8 Å². The fourth-order valence-electron chi connectivity index (χ4n) is 1.63. The lowest BCUT2D eigenvalue weighted by Crippen LogP contribution is -2.10. The number of hydrogen-bond donors (Lipinski definition) is 2. The fraction of sp³-hybridized carbons (Fsp3) is 0.231. The molecule has 1 unspecified atom stereocenters. The van der Waals surface area contributed by atoms with Crippen LogP contribution in [-0.2, 0) is 0 Å². The summed E-state index contributed by atoms with van der Waals surface area (Å²) >= 11 is 0. The summed E-state index contributed by atoms with van der Waals surface area (Å²) in [7, 11) is 0. The third-order valence-electron chi connectivity index (χ3n) is 2.64. The predicted molar refractivity (Wildman–Crippen MR) is 69.7 cm³/mol. The second-order valence-electron chi connectivity index (χ2n) is 4.04. The SMILES string of the molecule is Cc1cnc(N)nc1NC(C)c1ccccc1. The molecule has 0 saturated carbocycles. The van der Waals surface area contributed by atoms with Gasteiger partial charge in [0.25, 0.3) is 0 Å². The smallest absolute Gasteiger partial charge is 0.221 e. The van der Waals surface area contributed by atoms with Crippen LogP contribution in [0.2, 0.25) is 0 Å². The van der Waals surface area contributed by atoms with Crippen molar-refractivity contribution in [1.82, 2.24) is 9.97 Å². The Kier molecular flexibility index (Phi) is 3.23. The summed E-state index contributed by atoms with van der Waals surface area (Å²) < 4.78 is 0. The summed E-state index contributed by atoms with van der Waals surface area (Å²) in [6.07, 6.45) is 1.72. The Morgan fingerprint density at radius 1 is 1.24 bits per heavy atom. The van der Waals surface area contributed by atoms with Gasteiger partial charge in [0.05, 0.1) is 0 Å². The number of benzene rings is 1. The number of anilines is 2. The number of aromatic nitrogens is 2. The quantitative estimate of drug-likeness (QED) is 0.847. The van der Waals surface area contributed by atoms with Gasteiger partial charge in [-0.05, 0) is 19.4 Å². The van der Waals surface area contributed by atoms with Crippen molar-refractivity contribution in [2.75, 3.05) is 11.1 Å². The average molecular weight is 228 g/mol. The monoisotopic (exact) mass is 228 g/mol. The van der Waals surface area contributed by atoms with Gasteiger partial charge < -0.3 is 11.1 Å². The van der Waals surface area contributed by atoms with E-state index >= 15 is 0 Å². The van der Waals surface area contributed by atoms with Crippen LogP contribution in [0.4, 0.5) is 11.8 Å². The highest BCUT2D eigenvalue weighted by Gasteiger charge is 2.08. The summed E-state index contributed by atoms with van der Waals surface area (Å²) in [5.74, 6) is 1.08. The lowest BCUT2D eigenvalue weighted by atomic mass is 10.1. The van der Waals surface area contributed by atoms with E-state index in [0.717, 1.165) is 11.4 Å². The van der Waals surface area contributed by atoms with E-state index < -0.39 is 0 Å². The van der Waals surface area contributed by atoms with Crippen LogP contribution < -0.4 is 11.1 Å². The Morgan fingerprint density at radius 2 is 1.94 bits per heavy atom. The molecule has 1 aromatic carbocycles. The van der Waals surface area contributed by atoms with Crippen molar-refractivity contribution in [3.63, 3.8) is 0 Å². The molecule has 0 spiro atoms. The Morgan fingerprint density at radius 3 is 2.65 bits per heavy atom. The maximum absolute atomic E-state index is 5.58. The first-order chi connectivity index (χ1) is 8.16. The minimum absolute atomic E-state index is 0.184. The molecule has 0 bridgehead atoms. The summed E-state index contributed by atoms with van der Waals surface area (Å²) in [5.41, 5.74) is 7.78.